The van der Waals surface area contributed by atoms with Gasteiger partial charge in [0, 0.05) is 22.7 Å². The summed E-state index contributed by atoms with van der Waals surface area (Å²) in [5.74, 6) is 0.184. The first-order chi connectivity index (χ1) is 11.9. The Morgan fingerprint density at radius 1 is 1.00 bits per heavy atom. The van der Waals surface area contributed by atoms with Gasteiger partial charge in [0.1, 0.15) is 0 Å². The maximum Gasteiger partial charge on any atom is 0.163 e. The molecule has 1 aliphatic heterocycles. The van der Waals surface area contributed by atoms with Crippen molar-refractivity contribution in [2.75, 3.05) is 10.6 Å². The lowest BCUT2D eigenvalue weighted by atomic mass is 9.73. The molecule has 0 aromatic heterocycles. The highest BCUT2D eigenvalue weighted by Gasteiger charge is 2.39. The molecule has 1 aliphatic carbocycles. The van der Waals surface area contributed by atoms with Crippen LogP contribution in [0.15, 0.2) is 59.8 Å². The van der Waals surface area contributed by atoms with E-state index < -0.39 is 0 Å². The molecule has 25 heavy (non-hydrogen) atoms. The zero-order valence-corrected chi connectivity index (χ0v) is 15.2. The molecule has 2 aromatic rings. The van der Waals surface area contributed by atoms with Crippen LogP contribution in [0, 0.1) is 5.41 Å². The molecule has 3 nitrogen and oxygen atoms in total. The number of benzene rings is 2. The van der Waals surface area contributed by atoms with E-state index in [0.717, 1.165) is 34.6 Å². The number of ketones is 1. The molecule has 0 saturated heterocycles. The van der Waals surface area contributed by atoms with E-state index in [2.05, 4.69) is 24.5 Å². The van der Waals surface area contributed by atoms with Crippen molar-refractivity contribution in [2.24, 2.45) is 5.41 Å². The smallest absolute Gasteiger partial charge is 0.163 e. The van der Waals surface area contributed by atoms with E-state index in [1.807, 2.05) is 48.5 Å². The molecule has 2 N–H and O–H groups in total. The molecule has 0 bridgehead atoms. The van der Waals surface area contributed by atoms with E-state index in [4.69, 9.17) is 11.6 Å². The van der Waals surface area contributed by atoms with Gasteiger partial charge in [-0.1, -0.05) is 55.8 Å². The van der Waals surface area contributed by atoms with Gasteiger partial charge in [-0.15, -0.1) is 0 Å². The second-order valence-electron chi connectivity index (χ2n) is 7.60. The summed E-state index contributed by atoms with van der Waals surface area (Å²) in [7, 11) is 0. The zero-order chi connectivity index (χ0) is 17.6. The fourth-order valence-electron chi connectivity index (χ4n) is 3.83. The normalized spacial score (nSPS) is 21.6. The van der Waals surface area contributed by atoms with Gasteiger partial charge in [-0.25, -0.2) is 0 Å². The third-order valence-corrected chi connectivity index (χ3v) is 5.28. The van der Waals surface area contributed by atoms with Crippen molar-refractivity contribution < 1.29 is 4.79 Å². The molecule has 4 rings (SSSR count). The first kappa shape index (κ1) is 16.2. The third kappa shape index (κ3) is 2.93. The highest BCUT2D eigenvalue weighted by Crippen LogP contribution is 2.46. The van der Waals surface area contributed by atoms with Crippen molar-refractivity contribution in [1.29, 1.82) is 0 Å². The lowest BCUT2D eigenvalue weighted by Crippen LogP contribution is -2.31. The van der Waals surface area contributed by atoms with Crippen molar-refractivity contribution >= 4 is 28.8 Å². The second-order valence-corrected chi connectivity index (χ2v) is 8.01. The number of nitrogens with one attached hydrogen (secondary N) is 2. The molecule has 4 heteroatoms. The summed E-state index contributed by atoms with van der Waals surface area (Å²) in [6.07, 6.45) is 1.39. The number of allylic oxidation sites excluding steroid dienone is 1. The number of hydrogen-bond acceptors (Lipinski definition) is 3. The fourth-order valence-corrected chi connectivity index (χ4v) is 4.08. The largest absolute Gasteiger partial charge is 0.372 e. The second kappa shape index (κ2) is 5.92. The van der Waals surface area contributed by atoms with Crippen LogP contribution in [-0.2, 0) is 4.79 Å². The minimum absolute atomic E-state index is 0.0484. The van der Waals surface area contributed by atoms with Gasteiger partial charge in [0.2, 0.25) is 0 Å². The van der Waals surface area contributed by atoms with Gasteiger partial charge < -0.3 is 10.6 Å². The van der Waals surface area contributed by atoms with Gasteiger partial charge in [-0.05, 0) is 35.6 Å². The molecule has 0 spiro atoms. The number of halogens is 1. The molecular formula is C21H21ClN2O. The van der Waals surface area contributed by atoms with Crippen LogP contribution in [-0.4, -0.2) is 5.78 Å². The lowest BCUT2D eigenvalue weighted by molar-refractivity contribution is -0.118. The van der Waals surface area contributed by atoms with E-state index in [0.29, 0.717) is 11.4 Å². The molecule has 0 fully saturated rings. The Morgan fingerprint density at radius 3 is 2.44 bits per heavy atom. The summed E-state index contributed by atoms with van der Waals surface area (Å²) in [5, 5.41) is 7.74. The summed E-state index contributed by atoms with van der Waals surface area (Å²) < 4.78 is 0. The lowest BCUT2D eigenvalue weighted by Gasteiger charge is -2.34. The molecule has 128 valence electrons. The third-order valence-electron chi connectivity index (χ3n) is 4.94. The average molecular weight is 353 g/mol. The van der Waals surface area contributed by atoms with Crippen molar-refractivity contribution in [1.82, 2.24) is 0 Å². The van der Waals surface area contributed by atoms with Crippen molar-refractivity contribution in [3.05, 3.63) is 70.4 Å². The number of carbonyl (C=O) groups is 1. The number of carbonyl (C=O) groups excluding carboxylic acids is 1. The standard InChI is InChI=1S/C21H21ClN2O/c1-21(2)11-17-19(18(25)12-21)20(13-7-3-4-8-14(13)22)24-16-10-6-5-9-15(16)23-17/h3-10,20,23-24H,11-12H2,1-2H3/t20-/m1/s1. The topological polar surface area (TPSA) is 41.1 Å². The first-order valence-corrected chi connectivity index (χ1v) is 8.96. The van der Waals surface area contributed by atoms with Crippen LogP contribution in [0.3, 0.4) is 0 Å². The molecule has 0 amide bonds. The highest BCUT2D eigenvalue weighted by atomic mass is 35.5. The SMILES string of the molecule is CC1(C)CC(=O)C2=C(C1)Nc1ccccc1N[C@@H]2c1ccccc1Cl. The van der Waals surface area contributed by atoms with Crippen LogP contribution >= 0.6 is 11.6 Å². The van der Waals surface area contributed by atoms with Crippen LogP contribution in [0.4, 0.5) is 11.4 Å². The van der Waals surface area contributed by atoms with E-state index in [-0.39, 0.29) is 17.2 Å². The van der Waals surface area contributed by atoms with Crippen LogP contribution in [0.5, 0.6) is 0 Å². The average Bonchev–Trinajstić information content (AvgIpc) is 2.70. The summed E-state index contributed by atoms with van der Waals surface area (Å²) in [6.45, 7) is 4.29. The molecule has 2 aromatic carbocycles. The maximum absolute atomic E-state index is 13.1. The Balaban J connectivity index is 1.92. The number of fused-ring (bicyclic) bond motifs is 1. The number of rotatable bonds is 1. The molecular weight excluding hydrogens is 332 g/mol. The number of hydrogen-bond donors (Lipinski definition) is 2. The van der Waals surface area contributed by atoms with Crippen LogP contribution < -0.4 is 10.6 Å². The summed E-state index contributed by atoms with van der Waals surface area (Å²) >= 11 is 6.48. The quantitative estimate of drug-likeness (QED) is 0.705. The van der Waals surface area contributed by atoms with Gasteiger partial charge >= 0.3 is 0 Å². The molecule has 1 heterocycles. The predicted octanol–water partition coefficient (Wildman–Crippen LogP) is 5.56. The molecule has 2 aliphatic rings. The Hall–Kier alpha value is -2.26. The molecule has 0 unspecified atom stereocenters. The minimum atomic E-state index is -0.247. The van der Waals surface area contributed by atoms with Crippen LogP contribution in [0.25, 0.3) is 0 Å². The van der Waals surface area contributed by atoms with Gasteiger partial charge in [-0.3, -0.25) is 4.79 Å². The van der Waals surface area contributed by atoms with Gasteiger partial charge in [-0.2, -0.15) is 0 Å². The first-order valence-electron chi connectivity index (χ1n) is 8.58. The summed E-state index contributed by atoms with van der Waals surface area (Å²) in [5.41, 5.74) is 4.67. The summed E-state index contributed by atoms with van der Waals surface area (Å²) in [6, 6.07) is 15.6. The predicted molar refractivity (Wildman–Crippen MR) is 103 cm³/mol. The highest BCUT2D eigenvalue weighted by molar-refractivity contribution is 6.31. The fraction of sp³-hybridized carbons (Fsp3) is 0.286. The molecule has 0 radical (unpaired) electrons. The van der Waals surface area contributed by atoms with Crippen molar-refractivity contribution in [3.8, 4) is 0 Å². The van der Waals surface area contributed by atoms with Crippen LogP contribution in [0.1, 0.15) is 38.3 Å². The van der Waals surface area contributed by atoms with E-state index >= 15 is 0 Å². The van der Waals surface area contributed by atoms with Gasteiger partial charge in [0.15, 0.2) is 5.78 Å². The van der Waals surface area contributed by atoms with Gasteiger partial charge in [0.05, 0.1) is 17.4 Å². The van der Waals surface area contributed by atoms with E-state index in [9.17, 15) is 4.79 Å². The van der Waals surface area contributed by atoms with Crippen molar-refractivity contribution in [2.45, 2.75) is 32.7 Å². The maximum atomic E-state index is 13.1. The minimum Gasteiger partial charge on any atom is -0.372 e. The zero-order valence-electron chi connectivity index (χ0n) is 14.4. The number of anilines is 2. The van der Waals surface area contributed by atoms with Crippen molar-refractivity contribution in [3.63, 3.8) is 0 Å². The molecule has 1 atom stereocenters. The monoisotopic (exact) mass is 352 g/mol. The Kier molecular flexibility index (Phi) is 3.84. The Labute approximate surface area is 153 Å². The number of Topliss-reactive ketones (excluding diaryl/α,β-unsaturated/α-hetero) is 1. The molecule has 0 saturated carbocycles. The van der Waals surface area contributed by atoms with E-state index in [1.54, 1.807) is 0 Å². The number of para-hydroxylation sites is 2. The summed E-state index contributed by atoms with van der Waals surface area (Å²) in [4.78, 5) is 13.1. The van der Waals surface area contributed by atoms with E-state index in [1.165, 1.54) is 0 Å². The Morgan fingerprint density at radius 2 is 1.68 bits per heavy atom. The Bertz CT molecular complexity index is 885. The van der Waals surface area contributed by atoms with Gasteiger partial charge in [0.25, 0.3) is 0 Å². The van der Waals surface area contributed by atoms with Crippen LogP contribution in [0.2, 0.25) is 5.02 Å².